The molecule has 0 aliphatic heterocycles. The fraction of sp³-hybridized carbons (Fsp3) is 0.222. The zero-order valence-corrected chi connectivity index (χ0v) is 13.4. The number of rotatable bonds is 6. The van der Waals surface area contributed by atoms with Gasteiger partial charge in [0.15, 0.2) is 6.61 Å². The second-order valence-corrected chi connectivity index (χ2v) is 5.15. The summed E-state index contributed by atoms with van der Waals surface area (Å²) in [5.74, 6) is -0.870. The molecule has 126 valence electrons. The van der Waals surface area contributed by atoms with Gasteiger partial charge in [0.1, 0.15) is 11.6 Å². The maximum atomic E-state index is 12.9. The van der Waals surface area contributed by atoms with E-state index in [1.807, 2.05) is 0 Å². The molecule has 0 spiro atoms. The zero-order chi connectivity index (χ0) is 17.5. The standard InChI is InChI=1S/C18H18FNO4/c1-12(13-6-8-15(19)9-7-13)20-17(21)11-24-18(22)14-4-3-5-16(10-14)23-2/h3-10,12H,11H2,1-2H3,(H,20,21)/t12-/m0/s1. The highest BCUT2D eigenvalue weighted by Crippen LogP contribution is 2.14. The molecule has 0 heterocycles. The van der Waals surface area contributed by atoms with Gasteiger partial charge in [0.05, 0.1) is 18.7 Å². The minimum Gasteiger partial charge on any atom is -0.497 e. The largest absolute Gasteiger partial charge is 0.497 e. The van der Waals surface area contributed by atoms with Crippen molar-refractivity contribution in [3.63, 3.8) is 0 Å². The molecule has 0 saturated carbocycles. The maximum Gasteiger partial charge on any atom is 0.338 e. The fourth-order valence-electron chi connectivity index (χ4n) is 2.08. The number of benzene rings is 2. The van der Waals surface area contributed by atoms with Crippen LogP contribution in [0.3, 0.4) is 0 Å². The van der Waals surface area contributed by atoms with Crippen molar-refractivity contribution in [2.75, 3.05) is 13.7 Å². The lowest BCUT2D eigenvalue weighted by Gasteiger charge is -2.14. The van der Waals surface area contributed by atoms with Gasteiger partial charge >= 0.3 is 5.97 Å². The van der Waals surface area contributed by atoms with E-state index in [-0.39, 0.29) is 11.9 Å². The summed E-state index contributed by atoms with van der Waals surface area (Å²) >= 11 is 0. The quantitative estimate of drug-likeness (QED) is 0.827. The molecule has 0 radical (unpaired) electrons. The number of carbonyl (C=O) groups is 2. The third kappa shape index (κ3) is 4.81. The maximum absolute atomic E-state index is 12.9. The summed E-state index contributed by atoms with van der Waals surface area (Å²) in [5, 5.41) is 2.68. The average Bonchev–Trinajstić information content (AvgIpc) is 2.60. The van der Waals surface area contributed by atoms with E-state index < -0.39 is 18.5 Å². The first kappa shape index (κ1) is 17.5. The molecule has 0 aliphatic carbocycles. The van der Waals surface area contributed by atoms with Crippen LogP contribution >= 0.6 is 0 Å². The Morgan fingerprint density at radius 3 is 2.54 bits per heavy atom. The van der Waals surface area contributed by atoms with Crippen LogP contribution in [0.1, 0.15) is 28.9 Å². The van der Waals surface area contributed by atoms with E-state index in [1.54, 1.807) is 37.3 Å². The summed E-state index contributed by atoms with van der Waals surface area (Å²) in [5.41, 5.74) is 1.05. The summed E-state index contributed by atoms with van der Waals surface area (Å²) in [6.45, 7) is 1.36. The Hall–Kier alpha value is -2.89. The Labute approximate surface area is 139 Å². The van der Waals surface area contributed by atoms with Crippen molar-refractivity contribution in [2.24, 2.45) is 0 Å². The number of esters is 1. The highest BCUT2D eigenvalue weighted by Gasteiger charge is 2.13. The topological polar surface area (TPSA) is 64.6 Å². The third-order valence-corrected chi connectivity index (χ3v) is 3.39. The predicted octanol–water partition coefficient (Wildman–Crippen LogP) is 2.87. The Kier molecular flexibility index (Phi) is 5.89. The van der Waals surface area contributed by atoms with E-state index in [4.69, 9.17) is 9.47 Å². The van der Waals surface area contributed by atoms with Crippen molar-refractivity contribution in [1.29, 1.82) is 0 Å². The van der Waals surface area contributed by atoms with Crippen LogP contribution in [0.25, 0.3) is 0 Å². The molecule has 0 saturated heterocycles. The van der Waals surface area contributed by atoms with E-state index in [0.717, 1.165) is 5.56 Å². The molecular weight excluding hydrogens is 313 g/mol. The normalized spacial score (nSPS) is 11.5. The van der Waals surface area contributed by atoms with Crippen LogP contribution in [-0.4, -0.2) is 25.6 Å². The van der Waals surface area contributed by atoms with Crippen molar-refractivity contribution >= 4 is 11.9 Å². The monoisotopic (exact) mass is 331 g/mol. The SMILES string of the molecule is COc1cccc(C(=O)OCC(=O)N[C@@H](C)c2ccc(F)cc2)c1. The van der Waals surface area contributed by atoms with Gasteiger partial charge in [-0.1, -0.05) is 18.2 Å². The molecule has 2 rings (SSSR count). The molecule has 0 unspecified atom stereocenters. The molecule has 2 aromatic rings. The molecule has 1 amide bonds. The highest BCUT2D eigenvalue weighted by atomic mass is 19.1. The summed E-state index contributed by atoms with van der Waals surface area (Å²) in [6, 6.07) is 12.0. The Balaban J connectivity index is 1.86. The third-order valence-electron chi connectivity index (χ3n) is 3.39. The van der Waals surface area contributed by atoms with Gasteiger partial charge in [-0.05, 0) is 42.8 Å². The lowest BCUT2D eigenvalue weighted by molar-refractivity contribution is -0.124. The fourth-order valence-corrected chi connectivity index (χ4v) is 2.08. The Morgan fingerprint density at radius 1 is 1.17 bits per heavy atom. The highest BCUT2D eigenvalue weighted by molar-refractivity contribution is 5.91. The number of hydrogen-bond acceptors (Lipinski definition) is 4. The first-order chi connectivity index (χ1) is 11.5. The van der Waals surface area contributed by atoms with Gasteiger partial charge in [-0.3, -0.25) is 4.79 Å². The van der Waals surface area contributed by atoms with Crippen LogP contribution in [0, 0.1) is 5.82 Å². The van der Waals surface area contributed by atoms with Crippen LogP contribution in [0.2, 0.25) is 0 Å². The van der Waals surface area contributed by atoms with Gasteiger partial charge in [0.25, 0.3) is 5.91 Å². The molecule has 0 aromatic heterocycles. The van der Waals surface area contributed by atoms with Crippen LogP contribution in [0.15, 0.2) is 48.5 Å². The molecule has 1 N–H and O–H groups in total. The van der Waals surface area contributed by atoms with Crippen molar-refractivity contribution < 1.29 is 23.5 Å². The van der Waals surface area contributed by atoms with Crippen LogP contribution in [0.4, 0.5) is 4.39 Å². The minimum absolute atomic E-state index is 0.300. The van der Waals surface area contributed by atoms with Crippen LogP contribution in [-0.2, 0) is 9.53 Å². The molecule has 1 atom stereocenters. The van der Waals surface area contributed by atoms with Gasteiger partial charge in [-0.25, -0.2) is 9.18 Å². The van der Waals surface area contributed by atoms with Crippen molar-refractivity contribution in [3.05, 3.63) is 65.5 Å². The van der Waals surface area contributed by atoms with Gasteiger partial charge in [-0.15, -0.1) is 0 Å². The lowest BCUT2D eigenvalue weighted by atomic mass is 10.1. The molecule has 0 fully saturated rings. The summed E-state index contributed by atoms with van der Waals surface area (Å²) < 4.78 is 22.9. The van der Waals surface area contributed by atoms with Gasteiger partial charge in [0, 0.05) is 0 Å². The number of hydrogen-bond donors (Lipinski definition) is 1. The number of methoxy groups -OCH3 is 1. The number of carbonyl (C=O) groups excluding carboxylic acids is 2. The molecule has 24 heavy (non-hydrogen) atoms. The molecule has 2 aromatic carbocycles. The zero-order valence-electron chi connectivity index (χ0n) is 13.4. The van der Waals surface area contributed by atoms with Gasteiger partial charge < -0.3 is 14.8 Å². The number of halogens is 1. The first-order valence-electron chi connectivity index (χ1n) is 7.35. The average molecular weight is 331 g/mol. The van der Waals surface area contributed by atoms with Crippen molar-refractivity contribution in [3.8, 4) is 5.75 Å². The second-order valence-electron chi connectivity index (χ2n) is 5.15. The number of ether oxygens (including phenoxy) is 2. The summed E-state index contributed by atoms with van der Waals surface area (Å²) in [6.07, 6.45) is 0. The van der Waals surface area contributed by atoms with E-state index in [1.165, 1.54) is 25.3 Å². The van der Waals surface area contributed by atoms with E-state index in [9.17, 15) is 14.0 Å². The second kappa shape index (κ2) is 8.10. The van der Waals surface area contributed by atoms with Crippen LogP contribution < -0.4 is 10.1 Å². The summed E-state index contributed by atoms with van der Waals surface area (Å²) in [4.78, 5) is 23.8. The Bertz CT molecular complexity index is 715. The molecule has 5 nitrogen and oxygen atoms in total. The molecule has 0 aliphatic rings. The lowest BCUT2D eigenvalue weighted by Crippen LogP contribution is -2.31. The summed E-state index contributed by atoms with van der Waals surface area (Å²) in [7, 11) is 1.49. The van der Waals surface area contributed by atoms with Gasteiger partial charge in [-0.2, -0.15) is 0 Å². The molecular formula is C18H18FNO4. The van der Waals surface area contributed by atoms with Crippen molar-refractivity contribution in [1.82, 2.24) is 5.32 Å². The smallest absolute Gasteiger partial charge is 0.338 e. The number of nitrogens with one attached hydrogen (secondary N) is 1. The van der Waals surface area contributed by atoms with E-state index in [2.05, 4.69) is 5.32 Å². The Morgan fingerprint density at radius 2 is 1.88 bits per heavy atom. The van der Waals surface area contributed by atoms with Crippen LogP contribution in [0.5, 0.6) is 5.75 Å². The predicted molar refractivity (Wildman–Crippen MR) is 86.2 cm³/mol. The first-order valence-corrected chi connectivity index (χ1v) is 7.35. The minimum atomic E-state index is -0.613. The number of amides is 1. The molecule has 0 bridgehead atoms. The van der Waals surface area contributed by atoms with Crippen molar-refractivity contribution in [2.45, 2.75) is 13.0 Å². The van der Waals surface area contributed by atoms with E-state index in [0.29, 0.717) is 11.3 Å². The molecule has 6 heteroatoms. The van der Waals surface area contributed by atoms with E-state index >= 15 is 0 Å². The van der Waals surface area contributed by atoms with Gasteiger partial charge in [0.2, 0.25) is 0 Å².